The van der Waals surface area contributed by atoms with E-state index in [0.29, 0.717) is 13.1 Å². The van der Waals surface area contributed by atoms with Gasteiger partial charge in [0.25, 0.3) is 0 Å². The molecule has 98 valence electrons. The van der Waals surface area contributed by atoms with Gasteiger partial charge in [0.05, 0.1) is 16.8 Å². The molecule has 0 radical (unpaired) electrons. The van der Waals surface area contributed by atoms with Gasteiger partial charge in [-0.2, -0.15) is 0 Å². The SMILES string of the molecule is Cc1ccc(C(=O)CN2CCC(C)(C(N)=O)C2)s1. The summed E-state index contributed by atoms with van der Waals surface area (Å²) in [5.41, 5.74) is 4.91. The average molecular weight is 266 g/mol. The van der Waals surface area contributed by atoms with E-state index < -0.39 is 5.41 Å². The topological polar surface area (TPSA) is 63.4 Å². The van der Waals surface area contributed by atoms with Gasteiger partial charge in [-0.1, -0.05) is 0 Å². The number of ketones is 1. The molecule has 1 amide bonds. The lowest BCUT2D eigenvalue weighted by atomic mass is 9.89. The monoisotopic (exact) mass is 266 g/mol. The normalized spacial score (nSPS) is 24.3. The van der Waals surface area contributed by atoms with E-state index in [0.717, 1.165) is 22.7 Å². The van der Waals surface area contributed by atoms with E-state index >= 15 is 0 Å². The van der Waals surface area contributed by atoms with Crippen molar-refractivity contribution in [1.82, 2.24) is 4.90 Å². The average Bonchev–Trinajstić information content (AvgIpc) is 2.86. The Labute approximate surface area is 111 Å². The van der Waals surface area contributed by atoms with Crippen molar-refractivity contribution in [2.24, 2.45) is 11.1 Å². The van der Waals surface area contributed by atoms with Gasteiger partial charge in [-0.05, 0) is 38.9 Å². The van der Waals surface area contributed by atoms with E-state index in [1.807, 2.05) is 30.9 Å². The van der Waals surface area contributed by atoms with Crippen molar-refractivity contribution in [3.8, 4) is 0 Å². The van der Waals surface area contributed by atoms with Crippen molar-refractivity contribution in [3.63, 3.8) is 0 Å². The summed E-state index contributed by atoms with van der Waals surface area (Å²) in [6, 6.07) is 3.82. The second-order valence-electron chi connectivity index (χ2n) is 5.22. The Kier molecular flexibility index (Phi) is 3.54. The fraction of sp³-hybridized carbons (Fsp3) is 0.538. The number of amides is 1. The van der Waals surface area contributed by atoms with E-state index in [9.17, 15) is 9.59 Å². The van der Waals surface area contributed by atoms with Crippen LogP contribution >= 0.6 is 11.3 Å². The maximum absolute atomic E-state index is 12.0. The summed E-state index contributed by atoms with van der Waals surface area (Å²) in [4.78, 5) is 27.3. The highest BCUT2D eigenvalue weighted by Crippen LogP contribution is 2.29. The third-order valence-electron chi connectivity index (χ3n) is 3.53. The molecular formula is C13H18N2O2S. The van der Waals surface area contributed by atoms with E-state index in [2.05, 4.69) is 0 Å². The van der Waals surface area contributed by atoms with Crippen LogP contribution in [0.2, 0.25) is 0 Å². The number of likely N-dealkylation sites (tertiary alicyclic amines) is 1. The second-order valence-corrected chi connectivity index (χ2v) is 6.51. The number of primary amides is 1. The maximum Gasteiger partial charge on any atom is 0.224 e. The Balaban J connectivity index is 1.96. The summed E-state index contributed by atoms with van der Waals surface area (Å²) < 4.78 is 0. The second kappa shape index (κ2) is 4.82. The van der Waals surface area contributed by atoms with Crippen LogP contribution in [0.4, 0.5) is 0 Å². The molecule has 0 saturated carbocycles. The Bertz CT molecular complexity index is 483. The highest BCUT2D eigenvalue weighted by molar-refractivity contribution is 7.14. The lowest BCUT2D eigenvalue weighted by Crippen LogP contribution is -2.38. The Morgan fingerprint density at radius 2 is 2.22 bits per heavy atom. The van der Waals surface area contributed by atoms with Crippen molar-refractivity contribution in [2.75, 3.05) is 19.6 Å². The van der Waals surface area contributed by atoms with E-state index in [1.165, 1.54) is 11.3 Å². The number of Topliss-reactive ketones (excluding diaryl/α,β-unsaturated/α-hetero) is 1. The number of carbonyl (C=O) groups is 2. The maximum atomic E-state index is 12.0. The Hall–Kier alpha value is -1.20. The number of rotatable bonds is 4. The van der Waals surface area contributed by atoms with Crippen molar-refractivity contribution in [3.05, 3.63) is 21.9 Å². The van der Waals surface area contributed by atoms with E-state index in [-0.39, 0.29) is 11.7 Å². The molecule has 1 unspecified atom stereocenters. The number of nitrogens with two attached hydrogens (primary N) is 1. The van der Waals surface area contributed by atoms with Crippen LogP contribution in [0.5, 0.6) is 0 Å². The molecule has 1 aliphatic heterocycles. The molecule has 1 aromatic heterocycles. The van der Waals surface area contributed by atoms with Crippen LogP contribution in [-0.4, -0.2) is 36.2 Å². The van der Waals surface area contributed by atoms with Gasteiger partial charge in [0.15, 0.2) is 5.78 Å². The van der Waals surface area contributed by atoms with Crippen molar-refractivity contribution in [2.45, 2.75) is 20.3 Å². The summed E-state index contributed by atoms with van der Waals surface area (Å²) in [5, 5.41) is 0. The number of aryl methyl sites for hydroxylation is 1. The first-order valence-electron chi connectivity index (χ1n) is 6.03. The predicted molar refractivity (Wildman–Crippen MR) is 71.7 cm³/mol. The molecule has 1 fully saturated rings. The van der Waals surface area contributed by atoms with Crippen molar-refractivity contribution < 1.29 is 9.59 Å². The summed E-state index contributed by atoms with van der Waals surface area (Å²) in [7, 11) is 0. The summed E-state index contributed by atoms with van der Waals surface area (Å²) >= 11 is 1.52. The lowest BCUT2D eigenvalue weighted by Gasteiger charge is -2.20. The highest BCUT2D eigenvalue weighted by atomic mass is 32.1. The van der Waals surface area contributed by atoms with Crippen LogP contribution in [0, 0.1) is 12.3 Å². The van der Waals surface area contributed by atoms with Gasteiger partial charge in [-0.3, -0.25) is 14.5 Å². The Morgan fingerprint density at radius 1 is 1.50 bits per heavy atom. The number of hydrogen-bond donors (Lipinski definition) is 1. The van der Waals surface area contributed by atoms with Crippen LogP contribution < -0.4 is 5.73 Å². The van der Waals surface area contributed by atoms with Gasteiger partial charge in [-0.15, -0.1) is 11.3 Å². The zero-order chi connectivity index (χ0) is 13.3. The van der Waals surface area contributed by atoms with Gasteiger partial charge in [0, 0.05) is 11.4 Å². The minimum Gasteiger partial charge on any atom is -0.369 e. The first-order chi connectivity index (χ1) is 8.40. The predicted octanol–water partition coefficient (Wildman–Crippen LogP) is 1.44. The molecule has 0 aromatic carbocycles. The molecule has 0 spiro atoms. The molecule has 1 aromatic rings. The third kappa shape index (κ3) is 2.62. The molecule has 2 rings (SSSR count). The number of carbonyl (C=O) groups excluding carboxylic acids is 2. The van der Waals surface area contributed by atoms with Crippen LogP contribution in [0.15, 0.2) is 12.1 Å². The van der Waals surface area contributed by atoms with Crippen LogP contribution in [0.25, 0.3) is 0 Å². The zero-order valence-corrected chi connectivity index (χ0v) is 11.5. The highest BCUT2D eigenvalue weighted by Gasteiger charge is 2.39. The first-order valence-corrected chi connectivity index (χ1v) is 6.84. The minimum absolute atomic E-state index is 0.127. The summed E-state index contributed by atoms with van der Waals surface area (Å²) in [5.74, 6) is -0.147. The fourth-order valence-electron chi connectivity index (χ4n) is 2.26. The van der Waals surface area contributed by atoms with Gasteiger partial charge in [-0.25, -0.2) is 0 Å². The molecule has 0 aliphatic carbocycles. The molecule has 0 bridgehead atoms. The fourth-order valence-corrected chi connectivity index (χ4v) is 3.06. The lowest BCUT2D eigenvalue weighted by molar-refractivity contribution is -0.126. The molecule has 5 heteroatoms. The largest absolute Gasteiger partial charge is 0.369 e. The van der Waals surface area contributed by atoms with Gasteiger partial charge in [0.2, 0.25) is 5.91 Å². The van der Waals surface area contributed by atoms with Crippen LogP contribution in [0.1, 0.15) is 27.9 Å². The van der Waals surface area contributed by atoms with Crippen molar-refractivity contribution in [1.29, 1.82) is 0 Å². The molecule has 1 aliphatic rings. The molecule has 1 atom stereocenters. The third-order valence-corrected chi connectivity index (χ3v) is 4.57. The van der Waals surface area contributed by atoms with E-state index in [1.54, 1.807) is 0 Å². The molecule has 18 heavy (non-hydrogen) atoms. The number of hydrogen-bond acceptors (Lipinski definition) is 4. The zero-order valence-electron chi connectivity index (χ0n) is 10.7. The van der Waals surface area contributed by atoms with Crippen LogP contribution in [-0.2, 0) is 4.79 Å². The molecular weight excluding hydrogens is 248 g/mol. The molecule has 1 saturated heterocycles. The van der Waals surface area contributed by atoms with E-state index in [4.69, 9.17) is 5.73 Å². The smallest absolute Gasteiger partial charge is 0.224 e. The first kappa shape index (κ1) is 13.2. The van der Waals surface area contributed by atoms with Gasteiger partial charge >= 0.3 is 0 Å². The van der Waals surface area contributed by atoms with Gasteiger partial charge < -0.3 is 5.73 Å². The van der Waals surface area contributed by atoms with Crippen molar-refractivity contribution >= 4 is 23.0 Å². The summed E-state index contributed by atoms with van der Waals surface area (Å²) in [6.07, 6.45) is 0.735. The van der Waals surface area contributed by atoms with Gasteiger partial charge in [0.1, 0.15) is 0 Å². The minimum atomic E-state index is -0.481. The molecule has 2 N–H and O–H groups in total. The Morgan fingerprint density at radius 3 is 2.72 bits per heavy atom. The molecule has 4 nitrogen and oxygen atoms in total. The quantitative estimate of drug-likeness (QED) is 0.839. The standard InChI is InChI=1S/C13H18N2O2S/c1-9-3-4-11(18-9)10(16)7-15-6-5-13(2,8-15)12(14)17/h3-4H,5-8H2,1-2H3,(H2,14,17). The molecule has 2 heterocycles. The number of thiophene rings is 1. The van der Waals surface area contributed by atoms with Crippen LogP contribution in [0.3, 0.4) is 0 Å². The summed E-state index contributed by atoms with van der Waals surface area (Å²) in [6.45, 7) is 5.58. The number of nitrogens with zero attached hydrogens (tertiary/aromatic N) is 1.